The van der Waals surface area contributed by atoms with Gasteiger partial charge in [0.15, 0.2) is 11.5 Å². The molecular weight excluding hydrogens is 336 g/mol. The summed E-state index contributed by atoms with van der Waals surface area (Å²) in [5, 5.41) is 3.45. The van der Waals surface area contributed by atoms with Gasteiger partial charge in [0, 0.05) is 32.2 Å². The topological polar surface area (TPSA) is 33.7 Å². The van der Waals surface area contributed by atoms with Crippen LogP contribution in [0.1, 0.15) is 43.9 Å². The Morgan fingerprint density at radius 2 is 1.74 bits per heavy atom. The first-order valence-corrected chi connectivity index (χ1v) is 10.2. The molecule has 146 valence electrons. The number of hydrogen-bond donors (Lipinski definition) is 1. The number of nitrogens with one attached hydrogen (secondary N) is 1. The highest BCUT2D eigenvalue weighted by Gasteiger charge is 2.22. The van der Waals surface area contributed by atoms with Crippen molar-refractivity contribution < 1.29 is 9.47 Å². The third-order valence-electron chi connectivity index (χ3n) is 5.04. The standard InChI is InChI=1S/C23H32N2O2/c1-3-8-21(25-15-13-24-14-16-25)20-11-12-22(23(17-20)26-4-2)27-18-19-9-6-5-7-10-19/h5-7,9-12,17,21,24H,3-4,8,13-16,18H2,1-2H3/t21-/m1/s1. The average Bonchev–Trinajstić information content (AvgIpc) is 2.73. The number of hydrogen-bond acceptors (Lipinski definition) is 4. The van der Waals surface area contributed by atoms with Crippen LogP contribution in [0, 0.1) is 0 Å². The first-order valence-electron chi connectivity index (χ1n) is 10.2. The van der Waals surface area contributed by atoms with E-state index in [1.54, 1.807) is 0 Å². The Morgan fingerprint density at radius 1 is 0.963 bits per heavy atom. The first kappa shape index (κ1) is 19.7. The van der Waals surface area contributed by atoms with Crippen LogP contribution in [0.15, 0.2) is 48.5 Å². The molecule has 0 saturated carbocycles. The van der Waals surface area contributed by atoms with E-state index in [4.69, 9.17) is 9.47 Å². The summed E-state index contributed by atoms with van der Waals surface area (Å²) in [6.07, 6.45) is 2.33. The van der Waals surface area contributed by atoms with Crippen molar-refractivity contribution in [2.24, 2.45) is 0 Å². The second kappa shape index (κ2) is 10.3. The highest BCUT2D eigenvalue weighted by atomic mass is 16.5. The van der Waals surface area contributed by atoms with E-state index < -0.39 is 0 Å². The molecule has 4 heteroatoms. The molecule has 2 aromatic rings. The van der Waals surface area contributed by atoms with Crippen molar-refractivity contribution in [2.45, 2.75) is 39.3 Å². The van der Waals surface area contributed by atoms with Gasteiger partial charge in [-0.1, -0.05) is 49.7 Å². The van der Waals surface area contributed by atoms with Gasteiger partial charge in [-0.3, -0.25) is 4.90 Å². The second-order valence-electron chi connectivity index (χ2n) is 7.00. The van der Waals surface area contributed by atoms with Crippen LogP contribution in [0.2, 0.25) is 0 Å². The van der Waals surface area contributed by atoms with Crippen LogP contribution in [0.25, 0.3) is 0 Å². The van der Waals surface area contributed by atoms with E-state index in [2.05, 4.69) is 47.5 Å². The highest BCUT2D eigenvalue weighted by molar-refractivity contribution is 5.44. The van der Waals surface area contributed by atoms with Crippen LogP contribution >= 0.6 is 0 Å². The molecular formula is C23H32N2O2. The van der Waals surface area contributed by atoms with Crippen LogP contribution in [0.4, 0.5) is 0 Å². The maximum atomic E-state index is 6.07. The van der Waals surface area contributed by atoms with Crippen LogP contribution < -0.4 is 14.8 Å². The fraction of sp³-hybridized carbons (Fsp3) is 0.478. The summed E-state index contributed by atoms with van der Waals surface area (Å²) in [6, 6.07) is 17.2. The lowest BCUT2D eigenvalue weighted by atomic mass is 9.99. The van der Waals surface area contributed by atoms with Gasteiger partial charge in [-0.2, -0.15) is 0 Å². The monoisotopic (exact) mass is 368 g/mol. The normalized spacial score (nSPS) is 16.1. The van der Waals surface area contributed by atoms with Crippen molar-refractivity contribution in [3.8, 4) is 11.5 Å². The highest BCUT2D eigenvalue weighted by Crippen LogP contribution is 2.35. The van der Waals surface area contributed by atoms with Gasteiger partial charge in [-0.15, -0.1) is 0 Å². The molecule has 1 aliphatic heterocycles. The number of rotatable bonds is 9. The molecule has 27 heavy (non-hydrogen) atoms. The quantitative estimate of drug-likeness (QED) is 0.711. The third-order valence-corrected chi connectivity index (χ3v) is 5.04. The van der Waals surface area contributed by atoms with E-state index in [0.717, 1.165) is 49.7 Å². The fourth-order valence-electron chi connectivity index (χ4n) is 3.68. The maximum absolute atomic E-state index is 6.07. The zero-order chi connectivity index (χ0) is 18.9. The minimum atomic E-state index is 0.444. The average molecular weight is 369 g/mol. The van der Waals surface area contributed by atoms with Gasteiger partial charge in [-0.25, -0.2) is 0 Å². The largest absolute Gasteiger partial charge is 0.490 e. The van der Waals surface area contributed by atoms with Gasteiger partial charge in [0.2, 0.25) is 0 Å². The Bertz CT molecular complexity index is 684. The third kappa shape index (κ3) is 5.47. The number of ether oxygens (including phenoxy) is 2. The number of benzene rings is 2. The molecule has 4 nitrogen and oxygen atoms in total. The van der Waals surface area contributed by atoms with Crippen LogP contribution in [-0.2, 0) is 6.61 Å². The van der Waals surface area contributed by atoms with E-state index in [9.17, 15) is 0 Å². The number of piperazine rings is 1. The lowest BCUT2D eigenvalue weighted by Gasteiger charge is -2.35. The summed E-state index contributed by atoms with van der Waals surface area (Å²) in [5.74, 6) is 1.67. The summed E-state index contributed by atoms with van der Waals surface area (Å²) in [4.78, 5) is 2.59. The maximum Gasteiger partial charge on any atom is 0.161 e. The molecule has 2 aromatic carbocycles. The van der Waals surface area contributed by atoms with E-state index in [0.29, 0.717) is 19.3 Å². The molecule has 0 bridgehead atoms. The molecule has 0 unspecified atom stereocenters. The van der Waals surface area contributed by atoms with Crippen LogP contribution in [-0.4, -0.2) is 37.7 Å². The van der Waals surface area contributed by atoms with Crippen LogP contribution in [0.5, 0.6) is 11.5 Å². The van der Waals surface area contributed by atoms with Gasteiger partial charge in [0.05, 0.1) is 6.61 Å². The molecule has 1 saturated heterocycles. The van der Waals surface area contributed by atoms with Crippen molar-refractivity contribution in [2.75, 3.05) is 32.8 Å². The van der Waals surface area contributed by atoms with Crippen molar-refractivity contribution >= 4 is 0 Å². The lowest BCUT2D eigenvalue weighted by Crippen LogP contribution is -2.45. The zero-order valence-corrected chi connectivity index (χ0v) is 16.6. The Kier molecular flexibility index (Phi) is 7.55. The molecule has 0 amide bonds. The lowest BCUT2D eigenvalue weighted by molar-refractivity contribution is 0.164. The predicted octanol–water partition coefficient (Wildman–Crippen LogP) is 4.41. The Hall–Kier alpha value is -2.04. The molecule has 1 N–H and O–H groups in total. The van der Waals surface area contributed by atoms with Crippen molar-refractivity contribution in [1.29, 1.82) is 0 Å². The van der Waals surface area contributed by atoms with Gasteiger partial charge in [-0.05, 0) is 36.6 Å². The van der Waals surface area contributed by atoms with E-state index >= 15 is 0 Å². The molecule has 1 heterocycles. The summed E-state index contributed by atoms with van der Waals surface area (Å²) in [6.45, 7) is 9.80. The molecule has 0 aliphatic carbocycles. The Balaban J connectivity index is 1.78. The van der Waals surface area contributed by atoms with E-state index in [1.807, 2.05) is 25.1 Å². The van der Waals surface area contributed by atoms with Crippen molar-refractivity contribution in [3.63, 3.8) is 0 Å². The van der Waals surface area contributed by atoms with E-state index in [1.165, 1.54) is 12.0 Å². The minimum absolute atomic E-state index is 0.444. The number of nitrogens with zero attached hydrogens (tertiary/aromatic N) is 1. The molecule has 0 aromatic heterocycles. The summed E-state index contributed by atoms with van der Waals surface area (Å²) < 4.78 is 12.0. The predicted molar refractivity (Wildman–Crippen MR) is 110 cm³/mol. The van der Waals surface area contributed by atoms with Gasteiger partial charge < -0.3 is 14.8 Å². The Morgan fingerprint density at radius 3 is 2.44 bits per heavy atom. The van der Waals surface area contributed by atoms with Gasteiger partial charge >= 0.3 is 0 Å². The zero-order valence-electron chi connectivity index (χ0n) is 16.6. The Labute approximate surface area is 163 Å². The van der Waals surface area contributed by atoms with E-state index in [-0.39, 0.29) is 0 Å². The second-order valence-corrected chi connectivity index (χ2v) is 7.00. The summed E-state index contributed by atoms with van der Waals surface area (Å²) >= 11 is 0. The van der Waals surface area contributed by atoms with Gasteiger partial charge in [0.25, 0.3) is 0 Å². The molecule has 1 aliphatic rings. The van der Waals surface area contributed by atoms with Crippen LogP contribution in [0.3, 0.4) is 0 Å². The minimum Gasteiger partial charge on any atom is -0.490 e. The summed E-state index contributed by atoms with van der Waals surface area (Å²) in [5.41, 5.74) is 2.49. The molecule has 1 atom stereocenters. The molecule has 3 rings (SSSR count). The van der Waals surface area contributed by atoms with Gasteiger partial charge in [0.1, 0.15) is 6.61 Å². The first-order chi connectivity index (χ1) is 13.3. The fourth-order valence-corrected chi connectivity index (χ4v) is 3.68. The van der Waals surface area contributed by atoms with Crippen molar-refractivity contribution in [3.05, 3.63) is 59.7 Å². The molecule has 1 fully saturated rings. The smallest absolute Gasteiger partial charge is 0.161 e. The molecule has 0 spiro atoms. The SMILES string of the molecule is CCC[C@H](c1ccc(OCc2ccccc2)c(OCC)c1)N1CCNCC1. The molecule has 0 radical (unpaired) electrons. The van der Waals surface area contributed by atoms with Crippen molar-refractivity contribution in [1.82, 2.24) is 10.2 Å². The summed E-state index contributed by atoms with van der Waals surface area (Å²) in [7, 11) is 0.